The predicted octanol–water partition coefficient (Wildman–Crippen LogP) is 3.99. The largest absolute Gasteiger partial charge is 0.389 e. The summed E-state index contributed by atoms with van der Waals surface area (Å²) in [7, 11) is 0. The number of halogens is 2. The van der Waals surface area contributed by atoms with Crippen LogP contribution in [0.1, 0.15) is 15.9 Å². The van der Waals surface area contributed by atoms with Crippen LogP contribution in [0.15, 0.2) is 46.9 Å². The molecule has 0 bridgehead atoms. The molecule has 2 aromatic carbocycles. The van der Waals surface area contributed by atoms with Gasteiger partial charge in [0.1, 0.15) is 4.99 Å². The number of anilines is 1. The van der Waals surface area contributed by atoms with E-state index in [0.717, 1.165) is 0 Å². The molecule has 6 heteroatoms. The molecule has 0 aliphatic rings. The molecule has 0 spiro atoms. The Hall–Kier alpha value is -1.43. The Labute approximate surface area is 135 Å². The molecule has 2 rings (SSSR count). The number of nitrogens with one attached hydrogen (secondary N) is 1. The molecule has 0 aliphatic carbocycles. The van der Waals surface area contributed by atoms with Crippen molar-refractivity contribution in [1.82, 2.24) is 0 Å². The molecular weight excluding hydrogens is 360 g/mol. The Morgan fingerprint density at radius 3 is 2.60 bits per heavy atom. The summed E-state index contributed by atoms with van der Waals surface area (Å²) < 4.78 is 0.708. The molecule has 2 aromatic rings. The van der Waals surface area contributed by atoms with Crippen LogP contribution in [-0.4, -0.2) is 10.9 Å². The van der Waals surface area contributed by atoms with E-state index in [9.17, 15) is 4.79 Å². The zero-order valence-corrected chi connectivity index (χ0v) is 13.3. The van der Waals surface area contributed by atoms with Gasteiger partial charge >= 0.3 is 0 Å². The number of amides is 1. The van der Waals surface area contributed by atoms with Crippen molar-refractivity contribution in [3.05, 3.63) is 63.1 Å². The first-order valence-corrected chi connectivity index (χ1v) is 7.22. The first-order valence-electron chi connectivity index (χ1n) is 5.64. The van der Waals surface area contributed by atoms with E-state index in [2.05, 4.69) is 21.2 Å². The Balaban J connectivity index is 2.30. The molecule has 20 heavy (non-hydrogen) atoms. The Morgan fingerprint density at radius 2 is 1.95 bits per heavy atom. The van der Waals surface area contributed by atoms with E-state index >= 15 is 0 Å². The molecule has 0 saturated carbocycles. The van der Waals surface area contributed by atoms with Crippen LogP contribution in [0.3, 0.4) is 0 Å². The average Bonchev–Trinajstić information content (AvgIpc) is 2.41. The fraction of sp³-hybridized carbons (Fsp3) is 0. The van der Waals surface area contributed by atoms with Crippen molar-refractivity contribution in [1.29, 1.82) is 0 Å². The van der Waals surface area contributed by atoms with Crippen LogP contribution in [0.4, 0.5) is 5.69 Å². The van der Waals surface area contributed by atoms with Gasteiger partial charge < -0.3 is 11.1 Å². The van der Waals surface area contributed by atoms with Crippen molar-refractivity contribution in [2.45, 2.75) is 0 Å². The second-order valence-electron chi connectivity index (χ2n) is 3.99. The van der Waals surface area contributed by atoms with E-state index in [-0.39, 0.29) is 10.9 Å². The molecular formula is C14H10BrClN2OS. The summed E-state index contributed by atoms with van der Waals surface area (Å²) >= 11 is 14.3. The number of carbonyl (C=O) groups excluding carboxylic acids is 1. The maximum atomic E-state index is 12.2. The Morgan fingerprint density at radius 1 is 1.25 bits per heavy atom. The summed E-state index contributed by atoms with van der Waals surface area (Å²) in [5.74, 6) is -0.264. The highest BCUT2D eigenvalue weighted by molar-refractivity contribution is 9.10. The van der Waals surface area contributed by atoms with Gasteiger partial charge in [0.05, 0.1) is 16.3 Å². The van der Waals surface area contributed by atoms with Crippen molar-refractivity contribution in [2.24, 2.45) is 5.73 Å². The third kappa shape index (κ3) is 3.36. The lowest BCUT2D eigenvalue weighted by molar-refractivity contribution is 0.102. The molecule has 0 radical (unpaired) electrons. The topological polar surface area (TPSA) is 55.1 Å². The molecule has 0 saturated heterocycles. The minimum Gasteiger partial charge on any atom is -0.389 e. The standard InChI is InChI=1S/C14H10BrClN2OS/c15-10-4-2-1-3-9(10)14(19)18-12-7-8(13(17)20)5-6-11(12)16/h1-7H,(H2,17,20)(H,18,19). The summed E-state index contributed by atoms with van der Waals surface area (Å²) in [6.07, 6.45) is 0. The van der Waals surface area contributed by atoms with Gasteiger partial charge in [-0.15, -0.1) is 0 Å². The van der Waals surface area contributed by atoms with Gasteiger partial charge in [-0.2, -0.15) is 0 Å². The summed E-state index contributed by atoms with van der Waals surface area (Å²) in [5.41, 5.74) is 7.20. The van der Waals surface area contributed by atoms with E-state index in [1.807, 2.05) is 6.07 Å². The van der Waals surface area contributed by atoms with Gasteiger partial charge in [-0.1, -0.05) is 42.0 Å². The summed E-state index contributed by atoms with van der Waals surface area (Å²) in [5, 5.41) is 3.17. The van der Waals surface area contributed by atoms with Crippen molar-refractivity contribution in [2.75, 3.05) is 5.32 Å². The Bertz CT molecular complexity index is 691. The van der Waals surface area contributed by atoms with E-state index in [1.165, 1.54) is 0 Å². The summed E-state index contributed by atoms with van der Waals surface area (Å²) in [6.45, 7) is 0. The highest BCUT2D eigenvalue weighted by Crippen LogP contribution is 2.25. The normalized spacial score (nSPS) is 10.1. The third-order valence-electron chi connectivity index (χ3n) is 2.62. The van der Waals surface area contributed by atoms with Gasteiger partial charge in [-0.3, -0.25) is 4.79 Å². The highest BCUT2D eigenvalue weighted by Gasteiger charge is 2.12. The number of hydrogen-bond acceptors (Lipinski definition) is 2. The fourth-order valence-electron chi connectivity index (χ4n) is 1.61. The maximum Gasteiger partial charge on any atom is 0.256 e. The zero-order chi connectivity index (χ0) is 14.7. The minimum absolute atomic E-state index is 0.248. The molecule has 1 amide bonds. The van der Waals surface area contributed by atoms with Crippen LogP contribution in [0.5, 0.6) is 0 Å². The van der Waals surface area contributed by atoms with Crippen molar-refractivity contribution < 1.29 is 4.79 Å². The number of nitrogens with two attached hydrogens (primary N) is 1. The van der Waals surface area contributed by atoms with Crippen LogP contribution in [0.2, 0.25) is 5.02 Å². The van der Waals surface area contributed by atoms with E-state index < -0.39 is 0 Å². The second-order valence-corrected chi connectivity index (χ2v) is 5.69. The van der Waals surface area contributed by atoms with Gasteiger partial charge in [0.15, 0.2) is 0 Å². The van der Waals surface area contributed by atoms with Crippen molar-refractivity contribution in [3.8, 4) is 0 Å². The lowest BCUT2D eigenvalue weighted by Gasteiger charge is -2.10. The molecule has 0 atom stereocenters. The number of thiocarbonyl (C=S) groups is 1. The van der Waals surface area contributed by atoms with E-state index in [0.29, 0.717) is 26.3 Å². The van der Waals surface area contributed by atoms with E-state index in [1.54, 1.807) is 36.4 Å². The monoisotopic (exact) mass is 368 g/mol. The zero-order valence-electron chi connectivity index (χ0n) is 10.2. The van der Waals surface area contributed by atoms with Gasteiger partial charge in [0.2, 0.25) is 0 Å². The number of rotatable bonds is 3. The van der Waals surface area contributed by atoms with Crippen LogP contribution in [0, 0.1) is 0 Å². The molecule has 0 aliphatic heterocycles. The minimum atomic E-state index is -0.264. The van der Waals surface area contributed by atoms with Crippen LogP contribution in [-0.2, 0) is 0 Å². The lowest BCUT2D eigenvalue weighted by atomic mass is 10.1. The van der Waals surface area contributed by atoms with Gasteiger partial charge in [-0.25, -0.2) is 0 Å². The lowest BCUT2D eigenvalue weighted by Crippen LogP contribution is -2.14. The highest BCUT2D eigenvalue weighted by atomic mass is 79.9. The van der Waals surface area contributed by atoms with Crippen LogP contribution >= 0.6 is 39.7 Å². The third-order valence-corrected chi connectivity index (χ3v) is 3.87. The summed E-state index contributed by atoms with van der Waals surface area (Å²) in [6, 6.07) is 12.1. The first-order chi connectivity index (χ1) is 9.49. The molecule has 0 heterocycles. The average molecular weight is 370 g/mol. The van der Waals surface area contributed by atoms with Crippen LogP contribution in [0.25, 0.3) is 0 Å². The molecule has 0 unspecified atom stereocenters. The van der Waals surface area contributed by atoms with Gasteiger partial charge in [-0.05, 0) is 40.2 Å². The second kappa shape index (κ2) is 6.35. The van der Waals surface area contributed by atoms with Crippen LogP contribution < -0.4 is 11.1 Å². The Kier molecular flexibility index (Phi) is 4.75. The quantitative estimate of drug-likeness (QED) is 0.804. The van der Waals surface area contributed by atoms with Gasteiger partial charge in [0.25, 0.3) is 5.91 Å². The first kappa shape index (κ1) is 15.0. The molecule has 0 fully saturated rings. The predicted molar refractivity (Wildman–Crippen MR) is 89.4 cm³/mol. The number of benzene rings is 2. The van der Waals surface area contributed by atoms with Gasteiger partial charge in [0, 0.05) is 10.0 Å². The smallest absolute Gasteiger partial charge is 0.256 e. The number of hydrogen-bond donors (Lipinski definition) is 2. The van der Waals surface area contributed by atoms with Crippen molar-refractivity contribution >= 4 is 56.3 Å². The molecule has 3 N–H and O–H groups in total. The maximum absolute atomic E-state index is 12.2. The summed E-state index contributed by atoms with van der Waals surface area (Å²) in [4.78, 5) is 12.5. The fourth-order valence-corrected chi connectivity index (χ4v) is 2.37. The van der Waals surface area contributed by atoms with E-state index in [4.69, 9.17) is 29.6 Å². The van der Waals surface area contributed by atoms with Crippen molar-refractivity contribution in [3.63, 3.8) is 0 Å². The molecule has 0 aromatic heterocycles. The molecule has 102 valence electrons. The number of carbonyl (C=O) groups is 1. The SMILES string of the molecule is NC(=S)c1ccc(Cl)c(NC(=O)c2ccccc2Br)c1. The molecule has 3 nitrogen and oxygen atoms in total.